The van der Waals surface area contributed by atoms with Gasteiger partial charge in [-0.3, -0.25) is 0 Å². The highest BCUT2D eigenvalue weighted by atomic mass is 79.9. The van der Waals surface area contributed by atoms with Crippen LogP contribution in [0.2, 0.25) is 0 Å². The van der Waals surface area contributed by atoms with Crippen molar-refractivity contribution in [1.82, 2.24) is 4.67 Å². The molecule has 0 rings (SSSR count). The molecule has 0 aromatic heterocycles. The molecule has 0 spiro atoms. The van der Waals surface area contributed by atoms with E-state index in [1.165, 1.54) is 13.1 Å². The van der Waals surface area contributed by atoms with Gasteiger partial charge in [-0.1, -0.05) is 0 Å². The zero-order chi connectivity index (χ0) is 7.49. The maximum Gasteiger partial charge on any atom is 0.0741 e. The molecule has 0 N–H and O–H groups in total. The normalized spacial score (nSPS) is 11.4. The molecular formula is C7H19BrNP. The van der Waals surface area contributed by atoms with E-state index in [2.05, 4.69) is 38.5 Å². The van der Waals surface area contributed by atoms with Crippen molar-refractivity contribution in [1.29, 1.82) is 0 Å². The van der Waals surface area contributed by atoms with E-state index in [0.717, 1.165) is 0 Å². The van der Waals surface area contributed by atoms with Crippen molar-refractivity contribution < 1.29 is 17.0 Å². The topological polar surface area (TPSA) is 3.24 Å². The molecule has 0 atom stereocenters. The first-order valence-corrected chi connectivity index (χ1v) is 6.67. The summed E-state index contributed by atoms with van der Waals surface area (Å²) in [4.78, 5) is 0. The van der Waals surface area contributed by atoms with Crippen LogP contribution in [0, 0.1) is 0 Å². The van der Waals surface area contributed by atoms with Crippen LogP contribution in [0.15, 0.2) is 0 Å². The van der Waals surface area contributed by atoms with Gasteiger partial charge in [-0.25, -0.2) is 0 Å². The summed E-state index contributed by atoms with van der Waals surface area (Å²) in [5, 5.41) is 0. The molecule has 64 valence electrons. The Labute approximate surface area is 76.3 Å². The molecule has 10 heavy (non-hydrogen) atoms. The molecule has 0 unspecified atom stereocenters. The molecule has 0 aliphatic carbocycles. The van der Waals surface area contributed by atoms with E-state index in [1.807, 2.05) is 0 Å². The molecule has 0 aromatic rings. The van der Waals surface area contributed by atoms with Crippen LogP contribution in [0.3, 0.4) is 0 Å². The number of hydrogen-bond acceptors (Lipinski definition) is 1. The predicted molar refractivity (Wildman–Crippen MR) is 47.6 cm³/mol. The van der Waals surface area contributed by atoms with Crippen LogP contribution in [-0.4, -0.2) is 37.8 Å². The molecule has 0 saturated carbocycles. The fraction of sp³-hybridized carbons (Fsp3) is 1.00. The highest BCUT2D eigenvalue weighted by Crippen LogP contribution is 2.50. The van der Waals surface area contributed by atoms with E-state index < -0.39 is 7.41 Å². The Kier molecular flexibility index (Phi) is 7.42. The Morgan fingerprint density at radius 2 is 1.30 bits per heavy atom. The molecule has 0 aliphatic rings. The summed E-state index contributed by atoms with van der Waals surface area (Å²) in [6.07, 6.45) is 0. The first-order chi connectivity index (χ1) is 4.02. The second-order valence-electron chi connectivity index (χ2n) is 3.08. The number of halogens is 1. The van der Waals surface area contributed by atoms with Gasteiger partial charge in [-0.15, -0.1) is 0 Å². The average molecular weight is 228 g/mol. The lowest BCUT2D eigenvalue weighted by Gasteiger charge is -2.25. The fourth-order valence-corrected chi connectivity index (χ4v) is 2.77. The van der Waals surface area contributed by atoms with Crippen molar-refractivity contribution >= 4 is 7.41 Å². The maximum absolute atomic E-state index is 2.55. The minimum Gasteiger partial charge on any atom is -1.00 e. The summed E-state index contributed by atoms with van der Waals surface area (Å²) in [5.74, 6) is 0. The van der Waals surface area contributed by atoms with Crippen LogP contribution in [0.1, 0.15) is 13.8 Å². The first kappa shape index (κ1) is 13.5. The van der Waals surface area contributed by atoms with E-state index >= 15 is 0 Å². The van der Waals surface area contributed by atoms with E-state index in [9.17, 15) is 0 Å². The van der Waals surface area contributed by atoms with Crippen LogP contribution in [0.5, 0.6) is 0 Å². The standard InChI is InChI=1S/C7H19NP.BrH/c1-6-8(7-2)9(3,4)5;/h6-7H2,1-5H3;1H/q+1;/p-1. The predicted octanol–water partition coefficient (Wildman–Crippen LogP) is -0.846. The third-order valence-corrected chi connectivity index (χ3v) is 3.84. The monoisotopic (exact) mass is 227 g/mol. The van der Waals surface area contributed by atoms with E-state index in [0.29, 0.717) is 0 Å². The molecule has 3 heteroatoms. The van der Waals surface area contributed by atoms with Gasteiger partial charge in [0.2, 0.25) is 0 Å². The van der Waals surface area contributed by atoms with E-state index in [1.54, 1.807) is 0 Å². The second kappa shape index (κ2) is 5.51. The van der Waals surface area contributed by atoms with Crippen LogP contribution < -0.4 is 17.0 Å². The van der Waals surface area contributed by atoms with Crippen molar-refractivity contribution in [3.05, 3.63) is 0 Å². The van der Waals surface area contributed by atoms with Gasteiger partial charge in [0.15, 0.2) is 0 Å². The summed E-state index contributed by atoms with van der Waals surface area (Å²) in [6, 6.07) is 0. The molecule has 0 aromatic carbocycles. The lowest BCUT2D eigenvalue weighted by atomic mass is 10.7. The maximum atomic E-state index is 2.55. The van der Waals surface area contributed by atoms with Gasteiger partial charge < -0.3 is 17.0 Å². The van der Waals surface area contributed by atoms with Crippen LogP contribution >= 0.6 is 7.41 Å². The Bertz CT molecular complexity index is 76.2. The van der Waals surface area contributed by atoms with Crippen LogP contribution in [-0.2, 0) is 0 Å². The SMILES string of the molecule is CCN(CC)[P+](C)(C)C.[Br-]. The van der Waals surface area contributed by atoms with Gasteiger partial charge in [0, 0.05) is 13.1 Å². The summed E-state index contributed by atoms with van der Waals surface area (Å²) >= 11 is 0. The Morgan fingerprint density at radius 1 is 1.00 bits per heavy atom. The number of rotatable bonds is 3. The molecule has 0 radical (unpaired) electrons. The second-order valence-corrected chi connectivity index (χ2v) is 7.53. The summed E-state index contributed by atoms with van der Waals surface area (Å²) in [6.45, 7) is 13.9. The molecular weight excluding hydrogens is 209 g/mol. The minimum atomic E-state index is -0.693. The lowest BCUT2D eigenvalue weighted by Crippen LogP contribution is -3.00. The van der Waals surface area contributed by atoms with Crippen molar-refractivity contribution in [2.24, 2.45) is 0 Å². The molecule has 0 heterocycles. The highest BCUT2D eigenvalue weighted by molar-refractivity contribution is 7.71. The Balaban J connectivity index is 0. The smallest absolute Gasteiger partial charge is 0.0741 e. The molecule has 0 amide bonds. The van der Waals surface area contributed by atoms with E-state index in [-0.39, 0.29) is 17.0 Å². The summed E-state index contributed by atoms with van der Waals surface area (Å²) < 4.78 is 2.55. The number of hydrogen-bond donors (Lipinski definition) is 0. The fourth-order valence-electron chi connectivity index (χ4n) is 1.07. The molecule has 0 fully saturated rings. The van der Waals surface area contributed by atoms with Crippen molar-refractivity contribution in [2.45, 2.75) is 13.8 Å². The zero-order valence-electron chi connectivity index (χ0n) is 7.69. The van der Waals surface area contributed by atoms with E-state index in [4.69, 9.17) is 0 Å². The van der Waals surface area contributed by atoms with Crippen molar-refractivity contribution in [3.63, 3.8) is 0 Å². The quantitative estimate of drug-likeness (QED) is 0.569. The third-order valence-electron chi connectivity index (χ3n) is 1.58. The van der Waals surface area contributed by atoms with Gasteiger partial charge in [0.25, 0.3) is 0 Å². The average Bonchev–Trinajstić information content (AvgIpc) is 1.65. The van der Waals surface area contributed by atoms with Crippen molar-refractivity contribution in [3.8, 4) is 0 Å². The molecule has 0 bridgehead atoms. The van der Waals surface area contributed by atoms with Crippen molar-refractivity contribution in [2.75, 3.05) is 33.1 Å². The summed E-state index contributed by atoms with van der Waals surface area (Å²) in [5.41, 5.74) is 0. The highest BCUT2D eigenvalue weighted by Gasteiger charge is 2.24. The first-order valence-electron chi connectivity index (χ1n) is 3.59. The zero-order valence-corrected chi connectivity index (χ0v) is 10.2. The largest absolute Gasteiger partial charge is 1.00 e. The molecule has 0 saturated heterocycles. The number of nitrogens with zero attached hydrogens (tertiary/aromatic N) is 1. The third kappa shape index (κ3) is 4.65. The van der Waals surface area contributed by atoms with Gasteiger partial charge in [-0.05, 0) is 13.8 Å². The lowest BCUT2D eigenvalue weighted by molar-refractivity contribution is -0.00000250. The van der Waals surface area contributed by atoms with Crippen LogP contribution in [0.25, 0.3) is 0 Å². The Morgan fingerprint density at radius 3 is 1.30 bits per heavy atom. The van der Waals surface area contributed by atoms with Gasteiger partial charge in [-0.2, -0.15) is 4.67 Å². The minimum absolute atomic E-state index is 0. The summed E-state index contributed by atoms with van der Waals surface area (Å²) in [7, 11) is -0.693. The van der Waals surface area contributed by atoms with Gasteiger partial charge >= 0.3 is 0 Å². The van der Waals surface area contributed by atoms with Gasteiger partial charge in [0.05, 0.1) is 27.4 Å². The molecule has 0 aliphatic heterocycles. The van der Waals surface area contributed by atoms with Gasteiger partial charge in [0.1, 0.15) is 0 Å². The van der Waals surface area contributed by atoms with Crippen LogP contribution in [0.4, 0.5) is 0 Å². The molecule has 1 nitrogen and oxygen atoms in total. The Hall–Kier alpha value is 0.870.